The van der Waals surface area contributed by atoms with Crippen LogP contribution in [0.3, 0.4) is 0 Å². The van der Waals surface area contributed by atoms with Crippen molar-refractivity contribution in [3.05, 3.63) is 0 Å². The third kappa shape index (κ3) is 2.16. The molecule has 0 amide bonds. The predicted octanol–water partition coefficient (Wildman–Crippen LogP) is 0.823. The fraction of sp³-hybridized carbons (Fsp3) is 0.700. The van der Waals surface area contributed by atoms with Crippen LogP contribution in [-0.2, 0) is 19.1 Å². The molecule has 1 aliphatic heterocycles. The van der Waals surface area contributed by atoms with Crippen molar-refractivity contribution >= 4 is 17.9 Å². The van der Waals surface area contributed by atoms with Gasteiger partial charge in [-0.1, -0.05) is 20.8 Å². The van der Waals surface area contributed by atoms with E-state index in [4.69, 9.17) is 5.11 Å². The van der Waals surface area contributed by atoms with Crippen LogP contribution < -0.4 is 0 Å². The molecule has 0 aromatic rings. The van der Waals surface area contributed by atoms with E-state index in [2.05, 4.69) is 4.74 Å². The Labute approximate surface area is 87.4 Å². The Kier molecular flexibility index (Phi) is 2.83. The molecule has 0 aromatic carbocycles. The lowest BCUT2D eigenvalue weighted by atomic mass is 9.69. The number of esters is 2. The van der Waals surface area contributed by atoms with E-state index in [0.717, 1.165) is 0 Å². The van der Waals surface area contributed by atoms with E-state index in [9.17, 15) is 14.4 Å². The summed E-state index contributed by atoms with van der Waals surface area (Å²) in [5.41, 5.74) is -0.662. The molecule has 1 aliphatic rings. The molecule has 0 aromatic heterocycles. The number of hydrogen-bond acceptors (Lipinski definition) is 4. The summed E-state index contributed by atoms with van der Waals surface area (Å²) in [6.07, 6.45) is 0.0705. The number of cyclic esters (lactones) is 2. The second-order valence-corrected chi connectivity index (χ2v) is 4.56. The Morgan fingerprint density at radius 3 is 2.47 bits per heavy atom. The number of carboxylic acid groups (broad SMARTS) is 1. The molecule has 15 heavy (non-hydrogen) atoms. The fourth-order valence-electron chi connectivity index (χ4n) is 2.04. The van der Waals surface area contributed by atoms with E-state index in [1.807, 2.05) is 0 Å². The smallest absolute Gasteiger partial charge is 0.318 e. The summed E-state index contributed by atoms with van der Waals surface area (Å²) in [5, 5.41) is 8.86. The lowest BCUT2D eigenvalue weighted by molar-refractivity contribution is -0.180. The maximum Gasteiger partial charge on any atom is 0.318 e. The summed E-state index contributed by atoms with van der Waals surface area (Å²) in [7, 11) is 0. The SMILES string of the molecule is CC(C(=O)O)C1C(=O)OC(=O)CC1(C)C. The highest BCUT2D eigenvalue weighted by Gasteiger charge is 2.48. The monoisotopic (exact) mass is 214 g/mol. The highest BCUT2D eigenvalue weighted by atomic mass is 16.6. The van der Waals surface area contributed by atoms with E-state index in [-0.39, 0.29) is 6.42 Å². The van der Waals surface area contributed by atoms with Crippen molar-refractivity contribution in [1.29, 1.82) is 0 Å². The van der Waals surface area contributed by atoms with Gasteiger partial charge in [0, 0.05) is 0 Å². The summed E-state index contributed by atoms with van der Waals surface area (Å²) in [4.78, 5) is 33.3. The van der Waals surface area contributed by atoms with Crippen molar-refractivity contribution in [3.8, 4) is 0 Å². The van der Waals surface area contributed by atoms with Crippen molar-refractivity contribution < 1.29 is 24.2 Å². The van der Waals surface area contributed by atoms with Gasteiger partial charge in [-0.3, -0.25) is 14.4 Å². The lowest BCUT2D eigenvalue weighted by Crippen LogP contribution is -2.46. The number of rotatable bonds is 2. The quantitative estimate of drug-likeness (QED) is 0.543. The van der Waals surface area contributed by atoms with Crippen molar-refractivity contribution in [3.63, 3.8) is 0 Å². The third-order valence-electron chi connectivity index (χ3n) is 2.80. The zero-order valence-electron chi connectivity index (χ0n) is 8.94. The molecule has 2 unspecified atom stereocenters. The van der Waals surface area contributed by atoms with Crippen LogP contribution in [0, 0.1) is 17.3 Å². The number of ether oxygens (including phenoxy) is 1. The Hall–Kier alpha value is -1.39. The van der Waals surface area contributed by atoms with E-state index >= 15 is 0 Å². The van der Waals surface area contributed by atoms with Crippen molar-refractivity contribution in [1.82, 2.24) is 0 Å². The summed E-state index contributed by atoms with van der Waals surface area (Å²) >= 11 is 0. The van der Waals surface area contributed by atoms with Gasteiger partial charge in [0.2, 0.25) is 0 Å². The topological polar surface area (TPSA) is 80.7 Å². The van der Waals surface area contributed by atoms with Gasteiger partial charge >= 0.3 is 17.9 Å². The molecule has 84 valence electrons. The van der Waals surface area contributed by atoms with Crippen LogP contribution in [0.4, 0.5) is 0 Å². The zero-order chi connectivity index (χ0) is 11.8. The van der Waals surface area contributed by atoms with Gasteiger partial charge in [0.15, 0.2) is 0 Å². The van der Waals surface area contributed by atoms with Crippen LogP contribution >= 0.6 is 0 Å². The number of carboxylic acids is 1. The Balaban J connectivity index is 2.99. The predicted molar refractivity (Wildman–Crippen MR) is 49.8 cm³/mol. The fourth-order valence-corrected chi connectivity index (χ4v) is 2.04. The average Bonchev–Trinajstić information content (AvgIpc) is 1.99. The van der Waals surface area contributed by atoms with Gasteiger partial charge in [-0.25, -0.2) is 0 Å². The number of carbonyl (C=O) groups excluding carboxylic acids is 2. The second-order valence-electron chi connectivity index (χ2n) is 4.56. The van der Waals surface area contributed by atoms with E-state index in [1.165, 1.54) is 6.92 Å². The van der Waals surface area contributed by atoms with Gasteiger partial charge in [-0.2, -0.15) is 0 Å². The molecule has 0 saturated carbocycles. The molecule has 1 heterocycles. The minimum absolute atomic E-state index is 0.0705. The lowest BCUT2D eigenvalue weighted by Gasteiger charge is -2.37. The van der Waals surface area contributed by atoms with Gasteiger partial charge in [0.1, 0.15) is 0 Å². The van der Waals surface area contributed by atoms with Gasteiger partial charge in [0.05, 0.1) is 18.3 Å². The largest absolute Gasteiger partial charge is 0.481 e. The van der Waals surface area contributed by atoms with Crippen LogP contribution in [0.2, 0.25) is 0 Å². The Morgan fingerprint density at radius 2 is 2.07 bits per heavy atom. The average molecular weight is 214 g/mol. The van der Waals surface area contributed by atoms with Gasteiger partial charge in [-0.15, -0.1) is 0 Å². The van der Waals surface area contributed by atoms with Crippen molar-refractivity contribution in [2.24, 2.45) is 17.3 Å². The maximum absolute atomic E-state index is 11.5. The van der Waals surface area contributed by atoms with Crippen molar-refractivity contribution in [2.75, 3.05) is 0 Å². The van der Waals surface area contributed by atoms with Crippen LogP contribution in [0.5, 0.6) is 0 Å². The summed E-state index contributed by atoms with van der Waals surface area (Å²) in [5.74, 6) is -3.99. The van der Waals surface area contributed by atoms with Gasteiger partial charge in [-0.05, 0) is 5.41 Å². The van der Waals surface area contributed by atoms with Gasteiger partial charge in [0.25, 0.3) is 0 Å². The second kappa shape index (κ2) is 3.64. The summed E-state index contributed by atoms with van der Waals surface area (Å²) in [6.45, 7) is 4.86. The Morgan fingerprint density at radius 1 is 1.53 bits per heavy atom. The number of hydrogen-bond donors (Lipinski definition) is 1. The highest BCUT2D eigenvalue weighted by Crippen LogP contribution is 2.40. The molecule has 1 rings (SSSR count). The van der Waals surface area contributed by atoms with Crippen LogP contribution in [0.25, 0.3) is 0 Å². The van der Waals surface area contributed by atoms with Crippen LogP contribution in [0.1, 0.15) is 27.2 Å². The summed E-state index contributed by atoms with van der Waals surface area (Å²) < 4.78 is 4.46. The van der Waals surface area contributed by atoms with E-state index < -0.39 is 35.2 Å². The molecule has 5 heteroatoms. The standard InChI is InChI=1S/C10H14O5/c1-5(8(12)13)7-9(14)15-6(11)4-10(7,2)3/h5,7H,4H2,1-3H3,(H,12,13). The van der Waals surface area contributed by atoms with Gasteiger partial charge < -0.3 is 9.84 Å². The number of aliphatic carboxylic acids is 1. The first-order valence-electron chi connectivity index (χ1n) is 4.73. The minimum Gasteiger partial charge on any atom is -0.481 e. The molecule has 0 aliphatic carbocycles. The molecule has 0 spiro atoms. The Bertz CT molecular complexity index is 318. The first-order valence-corrected chi connectivity index (χ1v) is 4.73. The van der Waals surface area contributed by atoms with E-state index in [1.54, 1.807) is 13.8 Å². The molecular formula is C10H14O5. The van der Waals surface area contributed by atoms with Crippen LogP contribution in [-0.4, -0.2) is 23.0 Å². The third-order valence-corrected chi connectivity index (χ3v) is 2.80. The van der Waals surface area contributed by atoms with Crippen molar-refractivity contribution in [2.45, 2.75) is 27.2 Å². The first-order chi connectivity index (χ1) is 6.75. The minimum atomic E-state index is -1.06. The number of carbonyl (C=O) groups is 3. The normalized spacial score (nSPS) is 27.0. The molecule has 1 fully saturated rings. The molecule has 0 radical (unpaired) electrons. The molecular weight excluding hydrogens is 200 g/mol. The van der Waals surface area contributed by atoms with E-state index in [0.29, 0.717) is 0 Å². The zero-order valence-corrected chi connectivity index (χ0v) is 8.94. The highest BCUT2D eigenvalue weighted by molar-refractivity contribution is 5.93. The summed E-state index contributed by atoms with van der Waals surface area (Å²) in [6, 6.07) is 0. The molecule has 5 nitrogen and oxygen atoms in total. The molecule has 0 bridgehead atoms. The first kappa shape index (κ1) is 11.7. The molecule has 2 atom stereocenters. The maximum atomic E-state index is 11.5. The van der Waals surface area contributed by atoms with Crippen LogP contribution in [0.15, 0.2) is 0 Å². The molecule has 1 saturated heterocycles. The molecule has 1 N–H and O–H groups in total.